The molecule has 35 heavy (non-hydrogen) atoms. The van der Waals surface area contributed by atoms with Crippen LogP contribution in [0.2, 0.25) is 18.1 Å². The zero-order valence-corrected chi connectivity index (χ0v) is 25.7. The maximum atomic E-state index is 12.4. The summed E-state index contributed by atoms with van der Waals surface area (Å²) in [6, 6.07) is -0.549. The van der Waals surface area contributed by atoms with Crippen molar-refractivity contribution < 1.29 is 19.1 Å². The lowest BCUT2D eigenvalue weighted by atomic mass is 10.0. The van der Waals surface area contributed by atoms with Crippen LogP contribution in [0.4, 0.5) is 4.79 Å². The van der Waals surface area contributed by atoms with Gasteiger partial charge < -0.3 is 19.6 Å². The van der Waals surface area contributed by atoms with E-state index in [-0.39, 0.29) is 11.6 Å². The van der Waals surface area contributed by atoms with E-state index in [0.29, 0.717) is 0 Å². The summed E-state index contributed by atoms with van der Waals surface area (Å²) in [5.74, 6) is 0. The predicted octanol–water partition coefficient (Wildman–Crippen LogP) is 8.52. The largest absolute Gasteiger partial charge is 0.444 e. The third-order valence-electron chi connectivity index (χ3n) is 6.85. The highest BCUT2D eigenvalue weighted by molar-refractivity contribution is 6.74. The van der Waals surface area contributed by atoms with Crippen molar-refractivity contribution in [1.82, 2.24) is 5.32 Å². The highest BCUT2D eigenvalue weighted by Gasteiger charge is 2.38. The van der Waals surface area contributed by atoms with Crippen LogP contribution in [0.25, 0.3) is 0 Å². The van der Waals surface area contributed by atoms with E-state index in [9.17, 15) is 9.90 Å². The monoisotopic (exact) mass is 513 g/mol. The van der Waals surface area contributed by atoms with Gasteiger partial charge >= 0.3 is 6.09 Å². The topological polar surface area (TPSA) is 67.8 Å². The van der Waals surface area contributed by atoms with Crippen LogP contribution < -0.4 is 5.32 Å². The Labute approximate surface area is 219 Å². The second-order valence-electron chi connectivity index (χ2n) is 12.6. The number of aliphatic hydroxyl groups excluding tert-OH is 1. The van der Waals surface area contributed by atoms with Crippen LogP contribution >= 0.6 is 0 Å². The Morgan fingerprint density at radius 2 is 1.37 bits per heavy atom. The molecule has 0 fully saturated rings. The number of ether oxygens (including phenoxy) is 1. The molecule has 6 heteroatoms. The van der Waals surface area contributed by atoms with Crippen molar-refractivity contribution in [2.24, 2.45) is 0 Å². The van der Waals surface area contributed by atoms with Gasteiger partial charge in [-0.1, -0.05) is 104 Å². The highest BCUT2D eigenvalue weighted by Crippen LogP contribution is 2.36. The van der Waals surface area contributed by atoms with Crippen LogP contribution in [-0.4, -0.2) is 43.9 Å². The predicted molar refractivity (Wildman–Crippen MR) is 153 cm³/mol. The molecule has 0 saturated heterocycles. The van der Waals surface area contributed by atoms with E-state index in [4.69, 9.17) is 9.16 Å². The van der Waals surface area contributed by atoms with Crippen LogP contribution in [0.1, 0.15) is 126 Å². The van der Waals surface area contributed by atoms with Gasteiger partial charge in [-0.25, -0.2) is 4.79 Å². The quantitative estimate of drug-likeness (QED) is 0.109. The normalized spacial score (nSPS) is 14.8. The number of hydrogen-bond donors (Lipinski definition) is 2. The average molecular weight is 514 g/mol. The molecule has 0 radical (unpaired) electrons. The molecule has 0 aromatic carbocycles. The van der Waals surface area contributed by atoms with E-state index in [1.165, 1.54) is 64.2 Å². The summed E-state index contributed by atoms with van der Waals surface area (Å²) in [7, 11) is -2.01. The van der Waals surface area contributed by atoms with Crippen LogP contribution in [0.5, 0.6) is 0 Å². The molecule has 0 heterocycles. The van der Waals surface area contributed by atoms with Crippen molar-refractivity contribution in [3.05, 3.63) is 12.2 Å². The highest BCUT2D eigenvalue weighted by atomic mass is 28.4. The number of nitrogens with one attached hydrogen (secondary N) is 1. The van der Waals surface area contributed by atoms with E-state index in [1.54, 1.807) is 6.08 Å². The van der Waals surface area contributed by atoms with Crippen molar-refractivity contribution in [3.63, 3.8) is 0 Å². The van der Waals surface area contributed by atoms with Crippen molar-refractivity contribution in [3.8, 4) is 0 Å². The first-order valence-corrected chi connectivity index (χ1v) is 17.1. The molecule has 0 aliphatic rings. The standard InChI is InChI=1S/C29H59NO4Si/c1-10-11-12-13-14-15-16-17-18-19-20-21-22-23-26(31)25(30-27(32)34-28(2,3)4)24-33-35(8,9)29(5,6)7/h22-23,25-26,31H,10-21,24H2,1-9H3,(H,30,32)/b23-22+/t25-,26-/m1/s1. The fraction of sp³-hybridized carbons (Fsp3) is 0.897. The number of allylic oxidation sites excluding steroid dienone is 1. The van der Waals surface area contributed by atoms with Gasteiger partial charge in [0.05, 0.1) is 18.8 Å². The number of alkyl carbamates (subject to hydrolysis) is 1. The van der Waals surface area contributed by atoms with Crippen molar-refractivity contribution in [1.29, 1.82) is 0 Å². The number of rotatable bonds is 18. The lowest BCUT2D eigenvalue weighted by Crippen LogP contribution is -2.51. The van der Waals surface area contributed by atoms with Gasteiger partial charge in [-0.15, -0.1) is 0 Å². The van der Waals surface area contributed by atoms with Crippen LogP contribution in [0, 0.1) is 0 Å². The zero-order valence-electron chi connectivity index (χ0n) is 24.7. The molecule has 0 aliphatic heterocycles. The smallest absolute Gasteiger partial charge is 0.408 e. The molecule has 0 spiro atoms. The van der Waals surface area contributed by atoms with Crippen LogP contribution in [0.15, 0.2) is 12.2 Å². The van der Waals surface area contributed by atoms with E-state index in [0.717, 1.165) is 12.8 Å². The fourth-order valence-electron chi connectivity index (χ4n) is 3.50. The molecule has 1 amide bonds. The van der Waals surface area contributed by atoms with Gasteiger partial charge in [0.15, 0.2) is 8.32 Å². The van der Waals surface area contributed by atoms with E-state index in [1.807, 2.05) is 26.8 Å². The maximum absolute atomic E-state index is 12.4. The minimum absolute atomic E-state index is 0.0549. The molecule has 0 unspecified atom stereocenters. The van der Waals surface area contributed by atoms with Crippen molar-refractivity contribution >= 4 is 14.4 Å². The lowest BCUT2D eigenvalue weighted by Gasteiger charge is -2.37. The Balaban J connectivity index is 4.49. The van der Waals surface area contributed by atoms with Gasteiger partial charge in [0.1, 0.15) is 5.60 Å². The van der Waals surface area contributed by atoms with Crippen molar-refractivity contribution in [2.75, 3.05) is 6.61 Å². The molecule has 2 N–H and O–H groups in total. The zero-order chi connectivity index (χ0) is 27.0. The summed E-state index contributed by atoms with van der Waals surface area (Å²) in [6.07, 6.45) is 18.0. The fourth-order valence-corrected chi connectivity index (χ4v) is 4.52. The summed E-state index contributed by atoms with van der Waals surface area (Å²) in [5, 5.41) is 13.7. The number of amides is 1. The average Bonchev–Trinajstić information content (AvgIpc) is 2.72. The molecule has 0 aromatic rings. The summed E-state index contributed by atoms with van der Waals surface area (Å²) in [4.78, 5) is 12.4. The van der Waals surface area contributed by atoms with E-state index >= 15 is 0 Å². The van der Waals surface area contributed by atoms with Gasteiger partial charge in [-0.2, -0.15) is 0 Å². The Kier molecular flexibility index (Phi) is 17.1. The maximum Gasteiger partial charge on any atom is 0.408 e. The molecular weight excluding hydrogens is 454 g/mol. The second-order valence-corrected chi connectivity index (χ2v) is 17.4. The summed E-state index contributed by atoms with van der Waals surface area (Å²) >= 11 is 0. The van der Waals surface area contributed by atoms with E-state index in [2.05, 4.69) is 46.1 Å². The van der Waals surface area contributed by atoms with Gasteiger partial charge in [-0.3, -0.25) is 0 Å². The number of carbonyl (C=O) groups is 1. The number of unbranched alkanes of at least 4 members (excludes halogenated alkanes) is 11. The van der Waals surface area contributed by atoms with Crippen LogP contribution in [0.3, 0.4) is 0 Å². The minimum Gasteiger partial charge on any atom is -0.444 e. The molecule has 5 nitrogen and oxygen atoms in total. The first kappa shape index (κ1) is 34.1. The van der Waals surface area contributed by atoms with Crippen molar-refractivity contribution in [2.45, 2.75) is 161 Å². The molecule has 208 valence electrons. The SMILES string of the molecule is CCCCCCCCCCCCC/C=C/[C@@H](O)[C@@H](CO[Si](C)(C)C(C)(C)C)NC(=O)OC(C)(C)C. The third kappa shape index (κ3) is 18.1. The Morgan fingerprint density at radius 1 is 0.886 bits per heavy atom. The number of aliphatic hydroxyl groups is 1. The van der Waals surface area contributed by atoms with Gasteiger partial charge in [0.2, 0.25) is 0 Å². The first-order chi connectivity index (χ1) is 16.2. The molecular formula is C29H59NO4Si. The second kappa shape index (κ2) is 17.6. The molecule has 0 saturated carbocycles. The molecule has 0 rings (SSSR count). The van der Waals surface area contributed by atoms with Gasteiger partial charge in [0.25, 0.3) is 0 Å². The van der Waals surface area contributed by atoms with Gasteiger partial charge in [0, 0.05) is 0 Å². The third-order valence-corrected chi connectivity index (χ3v) is 11.4. The van der Waals surface area contributed by atoms with Gasteiger partial charge in [-0.05, 0) is 51.7 Å². The number of hydrogen-bond acceptors (Lipinski definition) is 4. The van der Waals surface area contributed by atoms with Crippen LogP contribution in [-0.2, 0) is 9.16 Å². The molecule has 0 aliphatic carbocycles. The Bertz CT molecular complexity index is 578. The number of carbonyl (C=O) groups excluding carboxylic acids is 1. The summed E-state index contributed by atoms with van der Waals surface area (Å²) in [6.45, 7) is 18.9. The lowest BCUT2D eigenvalue weighted by molar-refractivity contribution is 0.0411. The minimum atomic E-state index is -2.01. The molecule has 0 bridgehead atoms. The van der Waals surface area contributed by atoms with E-state index < -0.39 is 32.2 Å². The summed E-state index contributed by atoms with van der Waals surface area (Å²) in [5.41, 5.74) is -0.592. The molecule has 0 aromatic heterocycles. The Hall–Kier alpha value is -0.853. The Morgan fingerprint density at radius 3 is 1.83 bits per heavy atom. The molecule has 2 atom stereocenters. The summed E-state index contributed by atoms with van der Waals surface area (Å²) < 4.78 is 11.7. The first-order valence-electron chi connectivity index (χ1n) is 14.2.